The van der Waals surface area contributed by atoms with Gasteiger partial charge in [-0.05, 0) is 74.6 Å². The average molecular weight is 345 g/mol. The summed E-state index contributed by atoms with van der Waals surface area (Å²) < 4.78 is 28.2. The Labute approximate surface area is 139 Å². The molecule has 0 aromatic heterocycles. The molecule has 2 aliphatic carbocycles. The Morgan fingerprint density at radius 1 is 1.23 bits per heavy atom. The van der Waals surface area contributed by atoms with E-state index in [9.17, 15) is 8.42 Å². The third-order valence-corrected chi connectivity index (χ3v) is 6.51. The zero-order valence-electron chi connectivity index (χ0n) is 13.0. The second kappa shape index (κ2) is 6.48. The number of hydrogen-bond donors (Lipinski definition) is 2. The van der Waals surface area contributed by atoms with Gasteiger partial charge in [-0.25, -0.2) is 13.1 Å². The molecular formula is C16H25ClN2O2S. The van der Waals surface area contributed by atoms with Crippen molar-refractivity contribution in [2.75, 3.05) is 6.54 Å². The van der Waals surface area contributed by atoms with E-state index in [4.69, 9.17) is 5.73 Å². The van der Waals surface area contributed by atoms with Crippen molar-refractivity contribution in [3.8, 4) is 0 Å². The normalized spacial score (nSPS) is 20.6. The van der Waals surface area contributed by atoms with Crippen LogP contribution in [0.5, 0.6) is 0 Å². The van der Waals surface area contributed by atoms with Crippen molar-refractivity contribution < 1.29 is 8.42 Å². The van der Waals surface area contributed by atoms with Gasteiger partial charge >= 0.3 is 0 Å². The molecule has 1 fully saturated rings. The van der Waals surface area contributed by atoms with Crippen LogP contribution in [-0.4, -0.2) is 20.5 Å². The van der Waals surface area contributed by atoms with Gasteiger partial charge in [0, 0.05) is 12.1 Å². The van der Waals surface area contributed by atoms with Gasteiger partial charge < -0.3 is 5.73 Å². The Bertz CT molecular complexity index is 644. The van der Waals surface area contributed by atoms with Gasteiger partial charge in [0.2, 0.25) is 10.0 Å². The van der Waals surface area contributed by atoms with Crippen molar-refractivity contribution in [3.05, 3.63) is 29.3 Å². The van der Waals surface area contributed by atoms with Gasteiger partial charge in [-0.2, -0.15) is 0 Å². The van der Waals surface area contributed by atoms with E-state index < -0.39 is 15.6 Å². The molecule has 3 rings (SSSR count). The number of rotatable bonds is 5. The van der Waals surface area contributed by atoms with Crippen LogP contribution in [0.1, 0.15) is 43.7 Å². The SMILES string of the molecule is CC(CN)(NS(=O)(=O)c1ccc2c(c1)CCCC2)C1CC1.Cl. The number of nitrogens with one attached hydrogen (secondary N) is 1. The second-order valence-electron chi connectivity index (χ2n) is 6.64. The second-order valence-corrected chi connectivity index (χ2v) is 8.32. The van der Waals surface area contributed by atoms with Gasteiger partial charge in [0.25, 0.3) is 0 Å². The highest BCUT2D eigenvalue weighted by Crippen LogP contribution is 2.39. The predicted molar refractivity (Wildman–Crippen MR) is 90.8 cm³/mol. The summed E-state index contributed by atoms with van der Waals surface area (Å²) in [5.41, 5.74) is 7.78. The van der Waals surface area contributed by atoms with E-state index in [0.717, 1.165) is 32.1 Å². The third-order valence-electron chi connectivity index (χ3n) is 4.90. The molecule has 0 bridgehead atoms. The minimum atomic E-state index is -3.50. The Kier molecular flexibility index (Phi) is 5.22. The number of benzene rings is 1. The minimum absolute atomic E-state index is 0. The van der Waals surface area contributed by atoms with Crippen molar-refractivity contribution in [1.29, 1.82) is 0 Å². The maximum Gasteiger partial charge on any atom is 0.241 e. The summed E-state index contributed by atoms with van der Waals surface area (Å²) >= 11 is 0. The van der Waals surface area contributed by atoms with Crippen molar-refractivity contribution in [2.45, 2.75) is 55.9 Å². The van der Waals surface area contributed by atoms with E-state index in [2.05, 4.69) is 4.72 Å². The van der Waals surface area contributed by atoms with E-state index >= 15 is 0 Å². The maximum atomic E-state index is 12.7. The van der Waals surface area contributed by atoms with E-state index in [1.807, 2.05) is 19.1 Å². The van der Waals surface area contributed by atoms with Gasteiger partial charge in [-0.15, -0.1) is 12.4 Å². The molecule has 1 aromatic carbocycles. The summed E-state index contributed by atoms with van der Waals surface area (Å²) in [6, 6.07) is 5.55. The van der Waals surface area contributed by atoms with Crippen LogP contribution in [0.4, 0.5) is 0 Å². The van der Waals surface area contributed by atoms with E-state index in [1.165, 1.54) is 17.5 Å². The molecule has 22 heavy (non-hydrogen) atoms. The molecule has 124 valence electrons. The fourth-order valence-corrected chi connectivity index (χ4v) is 4.78. The lowest BCUT2D eigenvalue weighted by atomic mass is 9.92. The van der Waals surface area contributed by atoms with Crippen LogP contribution in [0.2, 0.25) is 0 Å². The summed E-state index contributed by atoms with van der Waals surface area (Å²) in [6.07, 6.45) is 6.50. The zero-order valence-corrected chi connectivity index (χ0v) is 14.6. The molecule has 1 aromatic rings. The van der Waals surface area contributed by atoms with Gasteiger partial charge in [-0.1, -0.05) is 6.07 Å². The van der Waals surface area contributed by atoms with Crippen LogP contribution in [0.25, 0.3) is 0 Å². The fraction of sp³-hybridized carbons (Fsp3) is 0.625. The van der Waals surface area contributed by atoms with Crippen molar-refractivity contribution in [3.63, 3.8) is 0 Å². The summed E-state index contributed by atoms with van der Waals surface area (Å²) in [5, 5.41) is 0. The molecule has 1 atom stereocenters. The highest BCUT2D eigenvalue weighted by Gasteiger charge is 2.43. The first-order valence-electron chi connectivity index (χ1n) is 7.80. The molecule has 3 N–H and O–H groups in total. The lowest BCUT2D eigenvalue weighted by Crippen LogP contribution is -2.52. The molecule has 1 saturated carbocycles. The summed E-state index contributed by atoms with van der Waals surface area (Å²) in [7, 11) is -3.50. The Hall–Kier alpha value is -0.620. The lowest BCUT2D eigenvalue weighted by Gasteiger charge is -2.29. The van der Waals surface area contributed by atoms with Crippen molar-refractivity contribution >= 4 is 22.4 Å². The van der Waals surface area contributed by atoms with E-state index in [-0.39, 0.29) is 12.4 Å². The van der Waals surface area contributed by atoms with Crippen LogP contribution >= 0.6 is 12.4 Å². The Morgan fingerprint density at radius 2 is 1.86 bits per heavy atom. The maximum absolute atomic E-state index is 12.7. The molecule has 0 spiro atoms. The molecule has 0 saturated heterocycles. The van der Waals surface area contributed by atoms with Crippen LogP contribution in [0, 0.1) is 5.92 Å². The average Bonchev–Trinajstić information content (AvgIpc) is 3.31. The molecule has 0 amide bonds. The standard InChI is InChI=1S/C16H24N2O2S.ClH/c1-16(11-17,14-7-8-14)18-21(19,20)15-9-6-12-4-2-3-5-13(12)10-15;/h6,9-10,14,18H,2-5,7-8,11,17H2,1H3;1H. The molecule has 6 heteroatoms. The smallest absolute Gasteiger partial charge is 0.241 e. The van der Waals surface area contributed by atoms with E-state index in [0.29, 0.717) is 17.4 Å². The predicted octanol–water partition coefficient (Wildman–Crippen LogP) is 2.39. The van der Waals surface area contributed by atoms with Gasteiger partial charge in [-0.3, -0.25) is 0 Å². The summed E-state index contributed by atoms with van der Waals surface area (Å²) in [6.45, 7) is 2.25. The zero-order chi connectivity index (χ0) is 15.1. The monoisotopic (exact) mass is 344 g/mol. The first-order valence-corrected chi connectivity index (χ1v) is 9.29. The quantitative estimate of drug-likeness (QED) is 0.861. The highest BCUT2D eigenvalue weighted by molar-refractivity contribution is 7.89. The number of nitrogens with two attached hydrogens (primary N) is 1. The number of aryl methyl sites for hydroxylation is 2. The number of hydrogen-bond acceptors (Lipinski definition) is 3. The molecule has 4 nitrogen and oxygen atoms in total. The van der Waals surface area contributed by atoms with Crippen molar-refractivity contribution in [1.82, 2.24) is 4.72 Å². The van der Waals surface area contributed by atoms with Crippen LogP contribution in [0.3, 0.4) is 0 Å². The van der Waals surface area contributed by atoms with Crippen molar-refractivity contribution in [2.24, 2.45) is 11.7 Å². The lowest BCUT2D eigenvalue weighted by molar-refractivity contribution is 0.374. The fourth-order valence-electron chi connectivity index (χ4n) is 3.25. The Morgan fingerprint density at radius 3 is 2.45 bits per heavy atom. The van der Waals surface area contributed by atoms with E-state index in [1.54, 1.807) is 6.07 Å². The molecule has 2 aliphatic rings. The summed E-state index contributed by atoms with van der Waals surface area (Å²) in [4.78, 5) is 0.378. The largest absolute Gasteiger partial charge is 0.329 e. The summed E-state index contributed by atoms with van der Waals surface area (Å²) in [5.74, 6) is 0.370. The van der Waals surface area contributed by atoms with Crippen LogP contribution < -0.4 is 10.5 Å². The molecule has 0 aliphatic heterocycles. The third kappa shape index (κ3) is 3.48. The topological polar surface area (TPSA) is 72.2 Å². The number of sulfonamides is 1. The van der Waals surface area contributed by atoms with Crippen LogP contribution in [0.15, 0.2) is 23.1 Å². The molecule has 0 radical (unpaired) electrons. The molecule has 1 unspecified atom stereocenters. The first kappa shape index (κ1) is 17.7. The van der Waals surface area contributed by atoms with Gasteiger partial charge in [0.1, 0.15) is 0 Å². The van der Waals surface area contributed by atoms with Gasteiger partial charge in [0.15, 0.2) is 0 Å². The Balaban J connectivity index is 0.00000176. The highest BCUT2D eigenvalue weighted by atomic mass is 35.5. The first-order chi connectivity index (χ1) is 9.94. The molecular weight excluding hydrogens is 320 g/mol. The van der Waals surface area contributed by atoms with Crippen LogP contribution in [-0.2, 0) is 22.9 Å². The number of fused-ring (bicyclic) bond motifs is 1. The van der Waals surface area contributed by atoms with Gasteiger partial charge in [0.05, 0.1) is 4.90 Å². The number of halogens is 1. The minimum Gasteiger partial charge on any atom is -0.329 e. The molecule has 0 heterocycles.